The Labute approximate surface area is 102 Å². The van der Waals surface area contributed by atoms with Gasteiger partial charge in [0, 0.05) is 11.3 Å². The lowest BCUT2D eigenvalue weighted by Crippen LogP contribution is -2.16. The van der Waals surface area contributed by atoms with Crippen molar-refractivity contribution in [2.24, 2.45) is 0 Å². The van der Waals surface area contributed by atoms with Crippen molar-refractivity contribution in [2.75, 3.05) is 10.5 Å². The normalized spacial score (nSPS) is 11.1. The monoisotopic (exact) mass is 255 g/mol. The van der Waals surface area contributed by atoms with E-state index in [2.05, 4.69) is 4.72 Å². The molecule has 1 aromatic carbocycles. The second-order valence-electron chi connectivity index (χ2n) is 3.87. The first-order chi connectivity index (χ1) is 8.07. The molecule has 1 rings (SSSR count). The number of nitrogens with one attached hydrogen (secondary N) is 1. The SMILES string of the molecule is CCCCCS(=O)(=O)Nc1ccc(C=O)cc1. The zero-order valence-electron chi connectivity index (χ0n) is 9.85. The highest BCUT2D eigenvalue weighted by molar-refractivity contribution is 7.92. The van der Waals surface area contributed by atoms with Crippen molar-refractivity contribution >= 4 is 22.0 Å². The second-order valence-corrected chi connectivity index (χ2v) is 5.71. The summed E-state index contributed by atoms with van der Waals surface area (Å²) in [5, 5.41) is 0. The van der Waals surface area contributed by atoms with Crippen LogP contribution >= 0.6 is 0 Å². The molecular weight excluding hydrogens is 238 g/mol. The van der Waals surface area contributed by atoms with Gasteiger partial charge in [0.05, 0.1) is 5.75 Å². The summed E-state index contributed by atoms with van der Waals surface area (Å²) in [4.78, 5) is 10.4. The van der Waals surface area contributed by atoms with Crippen LogP contribution in [0.4, 0.5) is 5.69 Å². The Morgan fingerprint density at radius 1 is 1.18 bits per heavy atom. The quantitative estimate of drug-likeness (QED) is 0.601. The number of hydrogen-bond donors (Lipinski definition) is 1. The van der Waals surface area contributed by atoms with Crippen molar-refractivity contribution in [3.05, 3.63) is 29.8 Å². The lowest BCUT2D eigenvalue weighted by Gasteiger charge is -2.07. The van der Waals surface area contributed by atoms with Gasteiger partial charge >= 0.3 is 0 Å². The van der Waals surface area contributed by atoms with Crippen LogP contribution in [-0.4, -0.2) is 20.5 Å². The van der Waals surface area contributed by atoms with E-state index in [1.54, 1.807) is 24.3 Å². The number of sulfonamides is 1. The lowest BCUT2D eigenvalue weighted by molar-refractivity contribution is 0.112. The number of benzene rings is 1. The largest absolute Gasteiger partial charge is 0.298 e. The summed E-state index contributed by atoms with van der Waals surface area (Å²) in [7, 11) is -3.26. The molecule has 0 heterocycles. The molecule has 0 atom stereocenters. The third-order valence-corrected chi connectivity index (χ3v) is 3.71. The van der Waals surface area contributed by atoms with Crippen LogP contribution in [0.1, 0.15) is 36.5 Å². The molecule has 0 aliphatic carbocycles. The van der Waals surface area contributed by atoms with Gasteiger partial charge in [-0.15, -0.1) is 0 Å². The summed E-state index contributed by atoms with van der Waals surface area (Å²) < 4.78 is 25.8. The van der Waals surface area contributed by atoms with Crippen LogP contribution in [0.2, 0.25) is 0 Å². The van der Waals surface area contributed by atoms with Gasteiger partial charge in [-0.25, -0.2) is 8.42 Å². The molecule has 0 fully saturated rings. The standard InChI is InChI=1S/C12H17NO3S/c1-2-3-4-9-17(15,16)13-12-7-5-11(10-14)6-8-12/h5-8,10,13H,2-4,9H2,1H3. The fourth-order valence-corrected chi connectivity index (χ4v) is 2.58. The maximum Gasteiger partial charge on any atom is 0.232 e. The van der Waals surface area contributed by atoms with Crippen molar-refractivity contribution in [3.63, 3.8) is 0 Å². The fourth-order valence-electron chi connectivity index (χ4n) is 1.40. The summed E-state index contributed by atoms with van der Waals surface area (Å²) in [5.74, 6) is 0.135. The molecule has 0 bridgehead atoms. The van der Waals surface area contributed by atoms with Gasteiger partial charge in [-0.3, -0.25) is 9.52 Å². The van der Waals surface area contributed by atoms with Gasteiger partial charge in [0.2, 0.25) is 10.0 Å². The molecule has 0 saturated heterocycles. The first-order valence-corrected chi connectivity index (χ1v) is 7.28. The summed E-state index contributed by atoms with van der Waals surface area (Å²) in [6.45, 7) is 2.03. The van der Waals surface area contributed by atoms with Crippen molar-refractivity contribution in [1.29, 1.82) is 0 Å². The predicted octanol–water partition coefficient (Wildman–Crippen LogP) is 2.43. The number of rotatable bonds is 7. The summed E-state index contributed by atoms with van der Waals surface area (Å²) in [5.41, 5.74) is 1.02. The molecule has 1 N–H and O–H groups in total. The van der Waals surface area contributed by atoms with Crippen LogP contribution in [0.15, 0.2) is 24.3 Å². The molecule has 4 nitrogen and oxygen atoms in total. The Morgan fingerprint density at radius 3 is 2.35 bits per heavy atom. The van der Waals surface area contributed by atoms with Crippen molar-refractivity contribution < 1.29 is 13.2 Å². The first kappa shape index (κ1) is 13.7. The number of carbonyl (C=O) groups is 1. The van der Waals surface area contributed by atoms with Gasteiger partial charge in [-0.1, -0.05) is 19.8 Å². The molecule has 0 saturated carbocycles. The van der Waals surface area contributed by atoms with E-state index >= 15 is 0 Å². The molecular formula is C12H17NO3S. The van der Waals surface area contributed by atoms with E-state index in [1.807, 2.05) is 6.92 Å². The smallest absolute Gasteiger partial charge is 0.232 e. The van der Waals surface area contributed by atoms with E-state index in [4.69, 9.17) is 0 Å². The summed E-state index contributed by atoms with van der Waals surface area (Å²) in [6, 6.07) is 6.33. The second kappa shape index (κ2) is 6.39. The van der Waals surface area contributed by atoms with Crippen LogP contribution in [-0.2, 0) is 10.0 Å². The molecule has 0 spiro atoms. The first-order valence-electron chi connectivity index (χ1n) is 5.63. The Bertz CT molecular complexity index is 451. The van der Waals surface area contributed by atoms with Crippen molar-refractivity contribution in [1.82, 2.24) is 0 Å². The van der Waals surface area contributed by atoms with E-state index in [0.717, 1.165) is 19.1 Å². The molecule has 1 aromatic rings. The highest BCUT2D eigenvalue weighted by atomic mass is 32.2. The lowest BCUT2D eigenvalue weighted by atomic mass is 10.2. The Morgan fingerprint density at radius 2 is 1.82 bits per heavy atom. The average molecular weight is 255 g/mol. The topological polar surface area (TPSA) is 63.2 Å². The highest BCUT2D eigenvalue weighted by Crippen LogP contribution is 2.11. The van der Waals surface area contributed by atoms with Crippen LogP contribution < -0.4 is 4.72 Å². The number of anilines is 1. The van der Waals surface area contributed by atoms with Crippen LogP contribution in [0.5, 0.6) is 0 Å². The maximum atomic E-state index is 11.6. The van der Waals surface area contributed by atoms with Gasteiger partial charge in [-0.2, -0.15) is 0 Å². The third kappa shape index (κ3) is 4.99. The fraction of sp³-hybridized carbons (Fsp3) is 0.417. The van der Waals surface area contributed by atoms with Crippen LogP contribution in [0.3, 0.4) is 0 Å². The van der Waals surface area contributed by atoms with Crippen LogP contribution in [0.25, 0.3) is 0 Å². The average Bonchev–Trinajstić information content (AvgIpc) is 2.30. The van der Waals surface area contributed by atoms with Gasteiger partial charge in [0.1, 0.15) is 6.29 Å². The Hall–Kier alpha value is -1.36. The maximum absolute atomic E-state index is 11.6. The van der Waals surface area contributed by atoms with E-state index in [-0.39, 0.29) is 5.75 Å². The molecule has 5 heteroatoms. The zero-order valence-corrected chi connectivity index (χ0v) is 10.7. The minimum atomic E-state index is -3.26. The molecule has 0 aliphatic heterocycles. The zero-order chi connectivity index (χ0) is 12.7. The molecule has 0 aromatic heterocycles. The van der Waals surface area contributed by atoms with Crippen molar-refractivity contribution in [2.45, 2.75) is 26.2 Å². The Balaban J connectivity index is 2.59. The minimum Gasteiger partial charge on any atom is -0.298 e. The third-order valence-electron chi connectivity index (χ3n) is 2.34. The van der Waals surface area contributed by atoms with E-state index in [0.29, 0.717) is 17.7 Å². The molecule has 17 heavy (non-hydrogen) atoms. The Kier molecular flexibility index (Phi) is 5.15. The van der Waals surface area contributed by atoms with Gasteiger partial charge in [-0.05, 0) is 30.7 Å². The molecule has 0 amide bonds. The van der Waals surface area contributed by atoms with Gasteiger partial charge < -0.3 is 0 Å². The summed E-state index contributed by atoms with van der Waals surface area (Å²) in [6.07, 6.45) is 3.28. The number of hydrogen-bond acceptors (Lipinski definition) is 3. The van der Waals surface area contributed by atoms with Gasteiger partial charge in [0.25, 0.3) is 0 Å². The predicted molar refractivity (Wildman–Crippen MR) is 68.8 cm³/mol. The van der Waals surface area contributed by atoms with E-state index < -0.39 is 10.0 Å². The number of aldehydes is 1. The molecule has 0 unspecified atom stereocenters. The number of unbranched alkanes of at least 4 members (excludes halogenated alkanes) is 2. The molecule has 94 valence electrons. The molecule has 0 radical (unpaired) electrons. The van der Waals surface area contributed by atoms with E-state index in [9.17, 15) is 13.2 Å². The minimum absolute atomic E-state index is 0.135. The summed E-state index contributed by atoms with van der Waals surface area (Å²) >= 11 is 0. The van der Waals surface area contributed by atoms with E-state index in [1.165, 1.54) is 0 Å². The molecule has 0 aliphatic rings. The van der Waals surface area contributed by atoms with Gasteiger partial charge in [0.15, 0.2) is 0 Å². The van der Waals surface area contributed by atoms with Crippen molar-refractivity contribution in [3.8, 4) is 0 Å². The van der Waals surface area contributed by atoms with Crippen LogP contribution in [0, 0.1) is 0 Å². The highest BCUT2D eigenvalue weighted by Gasteiger charge is 2.09. The number of carbonyl (C=O) groups excluding carboxylic acids is 1.